The van der Waals surface area contributed by atoms with E-state index in [-0.39, 0.29) is 30.3 Å². The van der Waals surface area contributed by atoms with Crippen molar-refractivity contribution in [3.05, 3.63) is 272 Å². The highest BCUT2D eigenvalue weighted by Gasteiger charge is 2.46. The van der Waals surface area contributed by atoms with Gasteiger partial charge in [-0.2, -0.15) is 8.42 Å². The summed E-state index contributed by atoms with van der Waals surface area (Å²) in [6.07, 6.45) is 1.56. The maximum atomic E-state index is 16.5. The van der Waals surface area contributed by atoms with Crippen molar-refractivity contribution >= 4 is 15.8 Å². The number of anilines is 1. The van der Waals surface area contributed by atoms with Crippen LogP contribution in [0.2, 0.25) is 0 Å². The second kappa shape index (κ2) is 18.5. The van der Waals surface area contributed by atoms with Crippen molar-refractivity contribution < 1.29 is 17.7 Å². The molecule has 7 aromatic carbocycles. The van der Waals surface area contributed by atoms with Gasteiger partial charge in [0.15, 0.2) is 0 Å². The summed E-state index contributed by atoms with van der Waals surface area (Å²) in [5.74, 6) is 0. The molecule has 316 valence electrons. The molecular formula is C53H47N3O6S. The lowest BCUT2D eigenvalue weighted by atomic mass is 9.75. The Bertz CT molecular complexity index is 2790. The molecule has 1 heterocycles. The number of aliphatic hydroxyl groups excluding tert-OH is 1. The molecule has 0 unspecified atom stereocenters. The van der Waals surface area contributed by atoms with Gasteiger partial charge in [-0.25, -0.2) is 9.36 Å². The van der Waals surface area contributed by atoms with Gasteiger partial charge >= 0.3 is 5.69 Å². The third kappa shape index (κ3) is 7.96. The minimum Gasteiger partial charge on any atom is -0.395 e. The second-order valence-electron chi connectivity index (χ2n) is 15.2. The third-order valence-electron chi connectivity index (χ3n) is 11.5. The van der Waals surface area contributed by atoms with Crippen LogP contribution in [0.3, 0.4) is 0 Å². The van der Waals surface area contributed by atoms with Crippen molar-refractivity contribution in [2.45, 2.75) is 22.9 Å². The zero-order chi connectivity index (χ0) is 43.9. The van der Waals surface area contributed by atoms with Crippen LogP contribution in [0.15, 0.2) is 227 Å². The maximum Gasteiger partial charge on any atom is 0.333 e. The summed E-state index contributed by atoms with van der Waals surface area (Å²) in [4.78, 5) is 34.2. The first kappa shape index (κ1) is 42.6. The molecule has 0 aliphatic rings. The summed E-state index contributed by atoms with van der Waals surface area (Å²) in [6.45, 7) is 0.873. The summed E-state index contributed by atoms with van der Waals surface area (Å²) >= 11 is 0. The largest absolute Gasteiger partial charge is 0.395 e. The predicted molar refractivity (Wildman–Crippen MR) is 248 cm³/mol. The zero-order valence-electron chi connectivity index (χ0n) is 34.8. The number of aliphatic hydroxyl groups is 1. The van der Waals surface area contributed by atoms with Crippen molar-refractivity contribution in [1.82, 2.24) is 9.13 Å². The van der Waals surface area contributed by atoms with E-state index in [9.17, 15) is 13.5 Å². The number of hydrogen-bond donors (Lipinski definition) is 1. The second-order valence-corrected chi connectivity index (χ2v) is 16.8. The quantitative estimate of drug-likeness (QED) is 0.0771. The standard InChI is InChI=1S/C53H47N3O6S/c1-41-32-34-48(35-33-41)63(60,61)62-39-37-54(36-38-57)49-40-55(52(42-20-8-2-9-21-42,43-22-10-3-11-23-43)44-24-12-4-13-25-44)51(59)56(50(49)58)53(45-26-14-5-15-27-45,46-28-16-6-17-29-46)47-30-18-7-19-31-47/h2-35,40,57H,36-39H2,1H3. The van der Waals surface area contributed by atoms with Gasteiger partial charge in [0.2, 0.25) is 0 Å². The van der Waals surface area contributed by atoms with Crippen LogP contribution in [0.1, 0.15) is 38.9 Å². The normalized spacial score (nSPS) is 11.9. The Balaban J connectivity index is 1.51. The molecule has 0 aliphatic heterocycles. The summed E-state index contributed by atoms with van der Waals surface area (Å²) in [6, 6.07) is 63.9. The summed E-state index contributed by atoms with van der Waals surface area (Å²) in [7, 11) is -4.19. The SMILES string of the molecule is Cc1ccc(S(=O)(=O)OCCN(CCO)c2cn(C(c3ccccc3)(c3ccccc3)c3ccccc3)c(=O)n(C(c3ccccc3)(c3ccccc3)c3ccccc3)c2=O)cc1. The molecule has 0 atom stereocenters. The van der Waals surface area contributed by atoms with Crippen LogP contribution in [0.4, 0.5) is 5.69 Å². The number of nitrogens with zero attached hydrogens (tertiary/aromatic N) is 3. The lowest BCUT2D eigenvalue weighted by Gasteiger charge is -2.42. The van der Waals surface area contributed by atoms with Gasteiger partial charge in [0.05, 0.1) is 18.1 Å². The molecule has 10 heteroatoms. The minimum absolute atomic E-state index is 0.00514. The first-order chi connectivity index (χ1) is 30.7. The average molecular weight is 854 g/mol. The van der Waals surface area contributed by atoms with Crippen molar-refractivity contribution in [2.24, 2.45) is 0 Å². The molecule has 8 aromatic rings. The molecule has 9 nitrogen and oxygen atoms in total. The fourth-order valence-corrected chi connectivity index (χ4v) is 9.58. The smallest absolute Gasteiger partial charge is 0.333 e. The van der Waals surface area contributed by atoms with Gasteiger partial charge in [0.25, 0.3) is 15.7 Å². The average Bonchev–Trinajstić information content (AvgIpc) is 3.33. The summed E-state index contributed by atoms with van der Waals surface area (Å²) in [5, 5.41) is 10.7. The maximum absolute atomic E-state index is 16.5. The van der Waals surface area contributed by atoms with Crippen LogP contribution in [-0.2, 0) is 25.4 Å². The number of hydrogen-bond acceptors (Lipinski definition) is 7. The molecule has 1 N–H and O–H groups in total. The summed E-state index contributed by atoms with van der Waals surface area (Å²) < 4.78 is 35.4. The minimum atomic E-state index is -4.19. The van der Waals surface area contributed by atoms with Crippen molar-refractivity contribution in [3.63, 3.8) is 0 Å². The Labute approximate surface area is 367 Å². The van der Waals surface area contributed by atoms with Crippen LogP contribution in [0, 0.1) is 6.92 Å². The molecule has 0 aliphatic carbocycles. The van der Waals surface area contributed by atoms with Gasteiger partial charge in [-0.15, -0.1) is 0 Å². The molecule has 1 aromatic heterocycles. The van der Waals surface area contributed by atoms with E-state index in [4.69, 9.17) is 4.18 Å². The highest BCUT2D eigenvalue weighted by Crippen LogP contribution is 2.43. The molecule has 0 saturated carbocycles. The Kier molecular flexibility index (Phi) is 12.5. The highest BCUT2D eigenvalue weighted by molar-refractivity contribution is 7.86. The van der Waals surface area contributed by atoms with Crippen LogP contribution in [-0.4, -0.2) is 49.0 Å². The molecule has 0 bridgehead atoms. The molecule has 63 heavy (non-hydrogen) atoms. The van der Waals surface area contributed by atoms with Gasteiger partial charge in [-0.1, -0.05) is 200 Å². The third-order valence-corrected chi connectivity index (χ3v) is 12.9. The zero-order valence-corrected chi connectivity index (χ0v) is 35.6. The number of benzene rings is 7. The van der Waals surface area contributed by atoms with Crippen LogP contribution < -0.4 is 16.1 Å². The molecule has 0 saturated heterocycles. The van der Waals surface area contributed by atoms with Gasteiger partial charge in [0.1, 0.15) is 16.8 Å². The van der Waals surface area contributed by atoms with E-state index in [1.165, 1.54) is 16.7 Å². The topological polar surface area (TPSA) is 111 Å². The number of aromatic nitrogens is 2. The van der Waals surface area contributed by atoms with Gasteiger partial charge < -0.3 is 10.0 Å². The van der Waals surface area contributed by atoms with Gasteiger partial charge in [-0.05, 0) is 52.4 Å². The Morgan fingerprint density at radius 3 is 1.25 bits per heavy atom. The molecule has 0 amide bonds. The van der Waals surface area contributed by atoms with Crippen molar-refractivity contribution in [2.75, 3.05) is 31.2 Å². The van der Waals surface area contributed by atoms with Crippen LogP contribution in [0.5, 0.6) is 0 Å². The highest BCUT2D eigenvalue weighted by atomic mass is 32.2. The van der Waals surface area contributed by atoms with Gasteiger partial charge in [-0.3, -0.25) is 13.5 Å². The first-order valence-corrected chi connectivity index (χ1v) is 22.2. The first-order valence-electron chi connectivity index (χ1n) is 20.8. The van der Waals surface area contributed by atoms with E-state index >= 15 is 9.59 Å². The van der Waals surface area contributed by atoms with E-state index in [1.807, 2.05) is 189 Å². The number of rotatable bonds is 16. The Morgan fingerprint density at radius 2 is 0.889 bits per heavy atom. The Hall–Kier alpha value is -7.11. The fourth-order valence-electron chi connectivity index (χ4n) is 8.68. The van der Waals surface area contributed by atoms with Crippen LogP contribution in [0.25, 0.3) is 0 Å². The molecular weight excluding hydrogens is 807 g/mol. The molecule has 8 rings (SSSR count). The number of aryl methyl sites for hydroxylation is 1. The van der Waals surface area contributed by atoms with E-state index in [1.54, 1.807) is 27.8 Å². The van der Waals surface area contributed by atoms with Crippen molar-refractivity contribution in [3.8, 4) is 0 Å². The van der Waals surface area contributed by atoms with Crippen molar-refractivity contribution in [1.29, 1.82) is 0 Å². The predicted octanol–water partition coefficient (Wildman–Crippen LogP) is 8.20. The molecule has 0 radical (unpaired) electrons. The Morgan fingerprint density at radius 1 is 0.524 bits per heavy atom. The van der Waals surface area contributed by atoms with E-state index in [0.717, 1.165) is 22.3 Å². The van der Waals surface area contributed by atoms with E-state index in [0.29, 0.717) is 16.7 Å². The lowest BCUT2D eigenvalue weighted by Crippen LogP contribution is -2.58. The van der Waals surface area contributed by atoms with Crippen LogP contribution >= 0.6 is 0 Å². The van der Waals surface area contributed by atoms with E-state index < -0.39 is 39.1 Å². The molecule has 0 fully saturated rings. The van der Waals surface area contributed by atoms with E-state index in [2.05, 4.69) is 0 Å². The summed E-state index contributed by atoms with van der Waals surface area (Å²) in [5.41, 5.74) is 0.862. The molecule has 0 spiro atoms. The van der Waals surface area contributed by atoms with Gasteiger partial charge in [0, 0.05) is 19.3 Å². The lowest BCUT2D eigenvalue weighted by molar-refractivity contribution is 0.290. The monoisotopic (exact) mass is 853 g/mol. The fraction of sp³-hybridized carbons (Fsp3) is 0.132.